The van der Waals surface area contributed by atoms with E-state index in [2.05, 4.69) is 0 Å². The van der Waals surface area contributed by atoms with Gasteiger partial charge in [0.15, 0.2) is 0 Å². The molecule has 3 aliphatic heterocycles. The number of hydrogen-bond acceptors (Lipinski definition) is 7. The van der Waals surface area contributed by atoms with Gasteiger partial charge in [0, 0.05) is 50.2 Å². The number of ether oxygens (including phenoxy) is 3. The van der Waals surface area contributed by atoms with Crippen LogP contribution in [0.2, 0.25) is 0 Å². The summed E-state index contributed by atoms with van der Waals surface area (Å²) in [5.74, 6) is 0.664. The summed E-state index contributed by atoms with van der Waals surface area (Å²) in [5, 5.41) is 11.7. The lowest BCUT2D eigenvalue weighted by Crippen LogP contribution is -2.39. The smallest absolute Gasteiger partial charge is 0.410 e. The summed E-state index contributed by atoms with van der Waals surface area (Å²) in [6, 6.07) is 13.0. The zero-order valence-corrected chi connectivity index (χ0v) is 17.7. The molecule has 1 amide bonds. The number of fused-ring (bicyclic) bond motifs is 1. The second-order valence-electron chi connectivity index (χ2n) is 8.48. The van der Waals surface area contributed by atoms with E-state index in [9.17, 15) is 14.9 Å². The van der Waals surface area contributed by atoms with Crippen molar-refractivity contribution in [3.8, 4) is 5.75 Å². The zero-order valence-electron chi connectivity index (χ0n) is 17.7. The number of hydrogen-bond donors (Lipinski definition) is 0. The lowest BCUT2D eigenvalue weighted by Gasteiger charge is -2.28. The topological polar surface area (TPSA) is 94.4 Å². The predicted octanol–water partition coefficient (Wildman–Crippen LogP) is 3.15. The third-order valence-corrected chi connectivity index (χ3v) is 6.32. The molecule has 2 aromatic carbocycles. The van der Waals surface area contributed by atoms with E-state index in [1.807, 2.05) is 35.2 Å². The molecule has 1 unspecified atom stereocenters. The molecule has 3 aliphatic rings. The molecule has 9 heteroatoms. The van der Waals surface area contributed by atoms with Crippen LogP contribution in [0.5, 0.6) is 5.75 Å². The Labute approximate surface area is 185 Å². The van der Waals surface area contributed by atoms with Crippen molar-refractivity contribution in [2.24, 2.45) is 0 Å². The highest BCUT2D eigenvalue weighted by Crippen LogP contribution is 2.45. The number of likely N-dealkylation sites (tertiary alicyclic amines) is 1. The molecule has 0 aromatic heterocycles. The van der Waals surface area contributed by atoms with Crippen molar-refractivity contribution >= 4 is 17.5 Å². The maximum absolute atomic E-state index is 12.6. The third-order valence-electron chi connectivity index (χ3n) is 6.32. The van der Waals surface area contributed by atoms with Gasteiger partial charge in [-0.1, -0.05) is 30.3 Å². The van der Waals surface area contributed by atoms with Crippen LogP contribution in [-0.4, -0.2) is 60.9 Å². The molecule has 0 radical (unpaired) electrons. The molecule has 5 rings (SSSR count). The van der Waals surface area contributed by atoms with Crippen molar-refractivity contribution in [3.05, 3.63) is 63.7 Å². The first-order chi connectivity index (χ1) is 15.5. The van der Waals surface area contributed by atoms with Crippen LogP contribution in [0.1, 0.15) is 17.5 Å². The van der Waals surface area contributed by atoms with Crippen molar-refractivity contribution in [2.45, 2.75) is 25.0 Å². The predicted molar refractivity (Wildman–Crippen MR) is 116 cm³/mol. The van der Waals surface area contributed by atoms with Gasteiger partial charge in [-0.15, -0.1) is 0 Å². The van der Waals surface area contributed by atoms with Gasteiger partial charge in [0.2, 0.25) is 0 Å². The molecule has 0 aliphatic carbocycles. The normalized spacial score (nSPS) is 22.0. The van der Waals surface area contributed by atoms with E-state index in [-0.39, 0.29) is 23.3 Å². The molecule has 2 fully saturated rings. The Morgan fingerprint density at radius 3 is 2.69 bits per heavy atom. The van der Waals surface area contributed by atoms with E-state index in [4.69, 9.17) is 14.2 Å². The number of morpholine rings is 1. The first-order valence-electron chi connectivity index (χ1n) is 10.8. The number of nitrogens with zero attached hydrogens (tertiary/aromatic N) is 3. The van der Waals surface area contributed by atoms with Crippen molar-refractivity contribution in [3.63, 3.8) is 0 Å². The Morgan fingerprint density at radius 2 is 1.94 bits per heavy atom. The number of carbonyl (C=O) groups excluding carboxylic acids is 1. The molecule has 0 bridgehead atoms. The van der Waals surface area contributed by atoms with E-state index in [1.54, 1.807) is 17.0 Å². The maximum Gasteiger partial charge on any atom is 0.410 e. The van der Waals surface area contributed by atoms with Crippen LogP contribution in [-0.2, 0) is 22.5 Å². The number of nitro groups is 1. The first-order valence-corrected chi connectivity index (χ1v) is 10.8. The maximum atomic E-state index is 12.6. The van der Waals surface area contributed by atoms with Crippen molar-refractivity contribution in [1.82, 2.24) is 4.90 Å². The van der Waals surface area contributed by atoms with Gasteiger partial charge in [-0.3, -0.25) is 10.1 Å². The molecule has 2 saturated heterocycles. The van der Waals surface area contributed by atoms with Crippen molar-refractivity contribution < 1.29 is 23.9 Å². The van der Waals surface area contributed by atoms with Crippen LogP contribution in [0.3, 0.4) is 0 Å². The Hall–Kier alpha value is -3.33. The Balaban J connectivity index is 1.29. The average molecular weight is 439 g/mol. The monoisotopic (exact) mass is 439 g/mol. The largest absolute Gasteiger partial charge is 0.485 e. The van der Waals surface area contributed by atoms with Gasteiger partial charge in [-0.2, -0.15) is 0 Å². The molecular weight excluding hydrogens is 414 g/mol. The van der Waals surface area contributed by atoms with Crippen LogP contribution in [0, 0.1) is 10.1 Å². The number of anilines is 1. The number of rotatable bonds is 4. The highest BCUT2D eigenvalue weighted by molar-refractivity contribution is 5.70. The van der Waals surface area contributed by atoms with Gasteiger partial charge in [-0.25, -0.2) is 4.79 Å². The van der Waals surface area contributed by atoms with Gasteiger partial charge in [0.1, 0.15) is 23.6 Å². The summed E-state index contributed by atoms with van der Waals surface area (Å²) < 4.78 is 17.2. The minimum Gasteiger partial charge on any atom is -0.485 e. The minimum absolute atomic E-state index is 0.0865. The van der Waals surface area contributed by atoms with Gasteiger partial charge < -0.3 is 24.0 Å². The molecule has 1 atom stereocenters. The first kappa shape index (κ1) is 20.6. The second-order valence-corrected chi connectivity index (χ2v) is 8.48. The number of carbonyl (C=O) groups is 1. The van der Waals surface area contributed by atoms with E-state index >= 15 is 0 Å². The molecule has 9 nitrogen and oxygen atoms in total. The standard InChI is InChI=1S/C23H25N3O6/c27-22(31-15-17-4-2-1-3-5-17)25-7-6-23(16-25)14-18-12-20(26(28)29)19(13-21(18)32-23)24-8-10-30-11-9-24/h1-5,12-13H,6-11,14-16H2. The highest BCUT2D eigenvalue weighted by Gasteiger charge is 2.47. The zero-order chi connectivity index (χ0) is 22.1. The van der Waals surface area contributed by atoms with Crippen LogP contribution in [0.15, 0.2) is 42.5 Å². The number of benzene rings is 2. The van der Waals surface area contributed by atoms with Gasteiger partial charge in [0.25, 0.3) is 5.69 Å². The molecule has 2 aromatic rings. The summed E-state index contributed by atoms with van der Waals surface area (Å²) in [5.41, 5.74) is 1.83. The summed E-state index contributed by atoms with van der Waals surface area (Å²) in [4.78, 5) is 27.6. The minimum atomic E-state index is -0.564. The Bertz CT molecular complexity index is 1020. The molecule has 1 spiro atoms. The highest BCUT2D eigenvalue weighted by atomic mass is 16.6. The lowest BCUT2D eigenvalue weighted by atomic mass is 9.96. The van der Waals surface area contributed by atoms with Crippen LogP contribution < -0.4 is 9.64 Å². The van der Waals surface area contributed by atoms with E-state index < -0.39 is 5.60 Å². The van der Waals surface area contributed by atoms with Gasteiger partial charge in [-0.05, 0) is 5.56 Å². The summed E-state index contributed by atoms with van der Waals surface area (Å²) in [6.07, 6.45) is 0.822. The van der Waals surface area contributed by atoms with Crippen LogP contribution in [0.25, 0.3) is 0 Å². The SMILES string of the molecule is O=C(OCc1ccccc1)N1CCC2(Cc3cc([N+](=O)[O-])c(N4CCOCC4)cc3O2)C1. The lowest BCUT2D eigenvalue weighted by molar-refractivity contribution is -0.384. The van der Waals surface area contributed by atoms with Crippen molar-refractivity contribution in [1.29, 1.82) is 0 Å². The van der Waals surface area contributed by atoms with Crippen LogP contribution in [0.4, 0.5) is 16.2 Å². The quantitative estimate of drug-likeness (QED) is 0.534. The van der Waals surface area contributed by atoms with E-state index in [0.717, 1.165) is 11.1 Å². The van der Waals surface area contributed by atoms with Gasteiger partial charge in [0.05, 0.1) is 24.7 Å². The molecule has 3 heterocycles. The second kappa shape index (κ2) is 8.31. The molecule has 0 N–H and O–H groups in total. The average Bonchev–Trinajstić information content (AvgIpc) is 3.40. The van der Waals surface area contributed by atoms with Crippen molar-refractivity contribution in [2.75, 3.05) is 44.3 Å². The number of nitro benzene ring substituents is 1. The molecule has 168 valence electrons. The summed E-state index contributed by atoms with van der Waals surface area (Å²) in [6.45, 7) is 3.44. The van der Waals surface area contributed by atoms with E-state index in [0.29, 0.717) is 63.7 Å². The summed E-state index contributed by atoms with van der Waals surface area (Å²) in [7, 11) is 0. The fourth-order valence-corrected chi connectivity index (χ4v) is 4.69. The fraction of sp³-hybridized carbons (Fsp3) is 0.435. The molecular formula is C23H25N3O6. The fourth-order valence-electron chi connectivity index (χ4n) is 4.69. The van der Waals surface area contributed by atoms with E-state index in [1.165, 1.54) is 0 Å². The van der Waals surface area contributed by atoms with Crippen LogP contribution >= 0.6 is 0 Å². The third kappa shape index (κ3) is 3.95. The number of amides is 1. The molecule has 32 heavy (non-hydrogen) atoms. The Morgan fingerprint density at radius 1 is 1.16 bits per heavy atom. The van der Waals surface area contributed by atoms with Gasteiger partial charge >= 0.3 is 6.09 Å². The summed E-state index contributed by atoms with van der Waals surface area (Å²) >= 11 is 0. The molecule has 0 saturated carbocycles. The Kier molecular flexibility index (Phi) is 5.34.